The summed E-state index contributed by atoms with van der Waals surface area (Å²) in [5.41, 5.74) is 1.73. The van der Waals surface area contributed by atoms with Gasteiger partial charge in [-0.2, -0.15) is 5.26 Å². The van der Waals surface area contributed by atoms with Gasteiger partial charge >= 0.3 is 0 Å². The van der Waals surface area contributed by atoms with Crippen LogP contribution in [0.25, 0.3) is 0 Å². The van der Waals surface area contributed by atoms with Crippen LogP contribution in [0.3, 0.4) is 0 Å². The molecule has 1 unspecified atom stereocenters. The third-order valence-electron chi connectivity index (χ3n) is 2.65. The molecule has 0 aromatic heterocycles. The number of nitriles is 1. The molecular formula is C15H22N2O2. The first-order chi connectivity index (χ1) is 9.01. The van der Waals surface area contributed by atoms with Gasteiger partial charge in [0, 0.05) is 13.1 Å². The van der Waals surface area contributed by atoms with Crippen LogP contribution in [-0.2, 0) is 11.3 Å². The second-order valence-electron chi connectivity index (χ2n) is 5.04. The van der Waals surface area contributed by atoms with Crippen LogP contribution in [0.1, 0.15) is 25.0 Å². The normalized spacial score (nSPS) is 12.7. The molecule has 1 aromatic carbocycles. The highest BCUT2D eigenvalue weighted by atomic mass is 16.5. The summed E-state index contributed by atoms with van der Waals surface area (Å²) in [6.07, 6.45) is -0.362. The first kappa shape index (κ1) is 15.6. The highest BCUT2D eigenvalue weighted by Gasteiger charge is 2.10. The number of aliphatic hydroxyl groups is 1. The summed E-state index contributed by atoms with van der Waals surface area (Å²) in [5.74, 6) is 0. The summed E-state index contributed by atoms with van der Waals surface area (Å²) in [5, 5.41) is 18.7. The molecule has 0 spiro atoms. The van der Waals surface area contributed by atoms with Crippen molar-refractivity contribution in [2.75, 3.05) is 20.2 Å². The van der Waals surface area contributed by atoms with E-state index in [2.05, 4.69) is 6.07 Å². The average Bonchev–Trinajstić information content (AvgIpc) is 2.36. The molecule has 0 bridgehead atoms. The van der Waals surface area contributed by atoms with Gasteiger partial charge in [-0.25, -0.2) is 0 Å². The minimum Gasteiger partial charge on any atom is -0.389 e. The van der Waals surface area contributed by atoms with Crippen molar-refractivity contribution in [1.82, 2.24) is 4.90 Å². The molecule has 1 atom stereocenters. The number of hydrogen-bond donors (Lipinski definition) is 1. The molecular weight excluding hydrogens is 240 g/mol. The van der Waals surface area contributed by atoms with E-state index in [1.54, 1.807) is 6.07 Å². The molecule has 1 N–H and O–H groups in total. The van der Waals surface area contributed by atoms with Crippen LogP contribution in [0, 0.1) is 11.3 Å². The molecule has 0 fully saturated rings. The van der Waals surface area contributed by atoms with E-state index in [0.717, 1.165) is 5.56 Å². The van der Waals surface area contributed by atoms with E-state index in [1.807, 2.05) is 44.0 Å². The fourth-order valence-electron chi connectivity index (χ4n) is 1.83. The molecule has 0 aliphatic heterocycles. The van der Waals surface area contributed by atoms with Gasteiger partial charge in [0.25, 0.3) is 0 Å². The van der Waals surface area contributed by atoms with E-state index in [0.29, 0.717) is 25.3 Å². The average molecular weight is 262 g/mol. The number of likely N-dealkylation sites (N-methyl/N-ethyl adjacent to an activating group) is 1. The topological polar surface area (TPSA) is 56.5 Å². The Morgan fingerprint density at radius 3 is 2.79 bits per heavy atom. The van der Waals surface area contributed by atoms with Gasteiger partial charge < -0.3 is 9.84 Å². The van der Waals surface area contributed by atoms with Crippen molar-refractivity contribution in [1.29, 1.82) is 5.26 Å². The van der Waals surface area contributed by atoms with Crippen LogP contribution in [0.2, 0.25) is 0 Å². The predicted octanol–water partition coefficient (Wildman–Crippen LogP) is 1.78. The Kier molecular flexibility index (Phi) is 6.51. The lowest BCUT2D eigenvalue weighted by atomic mass is 10.1. The lowest BCUT2D eigenvalue weighted by molar-refractivity contribution is -0.00634. The zero-order valence-electron chi connectivity index (χ0n) is 11.8. The second-order valence-corrected chi connectivity index (χ2v) is 5.04. The molecule has 0 saturated carbocycles. The molecule has 4 nitrogen and oxygen atoms in total. The Balaban J connectivity index is 2.42. The molecule has 0 radical (unpaired) electrons. The summed E-state index contributed by atoms with van der Waals surface area (Å²) in [6.45, 7) is 5.49. The summed E-state index contributed by atoms with van der Waals surface area (Å²) in [7, 11) is 1.94. The van der Waals surface area contributed by atoms with Gasteiger partial charge in [-0.15, -0.1) is 0 Å². The van der Waals surface area contributed by atoms with E-state index in [9.17, 15) is 5.11 Å². The maximum absolute atomic E-state index is 9.83. The fraction of sp³-hybridized carbons (Fsp3) is 0.533. The van der Waals surface area contributed by atoms with Gasteiger partial charge in [0.15, 0.2) is 0 Å². The maximum Gasteiger partial charge on any atom is 0.0991 e. The van der Waals surface area contributed by atoms with E-state index < -0.39 is 6.10 Å². The zero-order valence-corrected chi connectivity index (χ0v) is 11.8. The SMILES string of the molecule is CC(C)OCC(O)CN(C)Cc1cccc(C#N)c1. The standard InChI is InChI=1S/C15H22N2O2/c1-12(2)19-11-15(18)10-17(3)9-14-6-4-5-13(7-14)8-16/h4-7,12,15,18H,9-11H2,1-3H3. The fourth-order valence-corrected chi connectivity index (χ4v) is 1.83. The van der Waals surface area contributed by atoms with E-state index in [1.165, 1.54) is 0 Å². The third kappa shape index (κ3) is 6.35. The predicted molar refractivity (Wildman–Crippen MR) is 74.6 cm³/mol. The highest BCUT2D eigenvalue weighted by molar-refractivity contribution is 5.32. The lowest BCUT2D eigenvalue weighted by Crippen LogP contribution is -2.32. The Morgan fingerprint density at radius 2 is 2.16 bits per heavy atom. The Bertz CT molecular complexity index is 426. The van der Waals surface area contributed by atoms with Crippen LogP contribution in [0.5, 0.6) is 0 Å². The van der Waals surface area contributed by atoms with Crippen molar-refractivity contribution in [3.05, 3.63) is 35.4 Å². The van der Waals surface area contributed by atoms with Crippen LogP contribution in [0.15, 0.2) is 24.3 Å². The van der Waals surface area contributed by atoms with E-state index in [-0.39, 0.29) is 6.10 Å². The van der Waals surface area contributed by atoms with Crippen LogP contribution < -0.4 is 0 Å². The molecule has 1 rings (SSSR count). The van der Waals surface area contributed by atoms with E-state index >= 15 is 0 Å². The van der Waals surface area contributed by atoms with Gasteiger partial charge in [0.05, 0.1) is 30.4 Å². The Hall–Kier alpha value is -1.41. The number of benzene rings is 1. The second kappa shape index (κ2) is 7.90. The number of rotatable bonds is 7. The summed E-state index contributed by atoms with van der Waals surface area (Å²) in [4.78, 5) is 2.02. The summed E-state index contributed by atoms with van der Waals surface area (Å²) < 4.78 is 5.37. The maximum atomic E-state index is 9.83. The van der Waals surface area contributed by atoms with Crippen LogP contribution in [-0.4, -0.2) is 42.4 Å². The number of nitrogens with zero attached hydrogens (tertiary/aromatic N) is 2. The third-order valence-corrected chi connectivity index (χ3v) is 2.65. The molecule has 19 heavy (non-hydrogen) atoms. The smallest absolute Gasteiger partial charge is 0.0991 e. The highest BCUT2D eigenvalue weighted by Crippen LogP contribution is 2.07. The first-order valence-electron chi connectivity index (χ1n) is 6.48. The molecule has 1 aromatic rings. The van der Waals surface area contributed by atoms with Crippen molar-refractivity contribution < 1.29 is 9.84 Å². The molecule has 0 amide bonds. The van der Waals surface area contributed by atoms with Crippen molar-refractivity contribution in [3.63, 3.8) is 0 Å². The zero-order chi connectivity index (χ0) is 14.3. The lowest BCUT2D eigenvalue weighted by Gasteiger charge is -2.21. The first-order valence-corrected chi connectivity index (χ1v) is 6.48. The van der Waals surface area contributed by atoms with Crippen molar-refractivity contribution in [3.8, 4) is 6.07 Å². The van der Waals surface area contributed by atoms with Gasteiger partial charge in [-0.3, -0.25) is 4.90 Å². The van der Waals surface area contributed by atoms with Crippen LogP contribution in [0.4, 0.5) is 0 Å². The number of ether oxygens (including phenoxy) is 1. The molecule has 0 heterocycles. The summed E-state index contributed by atoms with van der Waals surface area (Å²) >= 11 is 0. The summed E-state index contributed by atoms with van der Waals surface area (Å²) in [6, 6.07) is 9.64. The van der Waals surface area contributed by atoms with E-state index in [4.69, 9.17) is 10.00 Å². The quantitative estimate of drug-likeness (QED) is 0.813. The molecule has 0 aliphatic carbocycles. The molecule has 0 saturated heterocycles. The van der Waals surface area contributed by atoms with Crippen molar-refractivity contribution >= 4 is 0 Å². The number of hydrogen-bond acceptors (Lipinski definition) is 4. The van der Waals surface area contributed by atoms with Gasteiger partial charge in [0.1, 0.15) is 0 Å². The molecule has 0 aliphatic rings. The minimum absolute atomic E-state index is 0.132. The molecule has 4 heteroatoms. The molecule has 104 valence electrons. The largest absolute Gasteiger partial charge is 0.389 e. The van der Waals surface area contributed by atoms with Crippen LogP contribution >= 0.6 is 0 Å². The number of aliphatic hydroxyl groups excluding tert-OH is 1. The monoisotopic (exact) mass is 262 g/mol. The minimum atomic E-state index is -0.494. The van der Waals surface area contributed by atoms with Gasteiger partial charge in [-0.1, -0.05) is 12.1 Å². The Morgan fingerprint density at radius 1 is 1.42 bits per heavy atom. The van der Waals surface area contributed by atoms with Gasteiger partial charge in [-0.05, 0) is 38.6 Å². The Labute approximate surface area is 115 Å². The van der Waals surface area contributed by atoms with Gasteiger partial charge in [0.2, 0.25) is 0 Å². The van der Waals surface area contributed by atoms with Crippen molar-refractivity contribution in [2.45, 2.75) is 32.6 Å². The van der Waals surface area contributed by atoms with Crippen molar-refractivity contribution in [2.24, 2.45) is 0 Å².